The van der Waals surface area contributed by atoms with Crippen LogP contribution in [0.3, 0.4) is 0 Å². The van der Waals surface area contributed by atoms with Crippen LogP contribution in [0.1, 0.15) is 12.0 Å². The molecule has 1 aromatic carbocycles. The molecule has 2 heterocycles. The number of rotatable bonds is 4. The van der Waals surface area contributed by atoms with Crippen LogP contribution < -0.4 is 4.90 Å². The first-order valence-corrected chi connectivity index (χ1v) is 9.08. The molecule has 0 N–H and O–H groups in total. The minimum absolute atomic E-state index is 0.0380. The largest absolute Gasteiger partial charge is 0.339 e. The topological polar surface area (TPSA) is 43.9 Å². The summed E-state index contributed by atoms with van der Waals surface area (Å²) in [6, 6.07) is 5.59. The van der Waals surface area contributed by atoms with E-state index in [0.29, 0.717) is 31.1 Å². The molecule has 2 amide bonds. The number of anilines is 1. The molecule has 0 aromatic heterocycles. The number of carbonyl (C=O) groups excluding carboxylic acids is 2. The summed E-state index contributed by atoms with van der Waals surface area (Å²) in [5, 5.41) is 0.637. The van der Waals surface area contributed by atoms with E-state index >= 15 is 0 Å². The second-order valence-electron chi connectivity index (χ2n) is 6.68. The average Bonchev–Trinajstić information content (AvgIpc) is 2.99. The molecule has 5 nitrogen and oxygen atoms in total. The molecule has 3 rings (SSSR count). The van der Waals surface area contributed by atoms with Crippen molar-refractivity contribution in [1.82, 2.24) is 9.80 Å². The molecule has 1 unspecified atom stereocenters. The van der Waals surface area contributed by atoms with Crippen molar-refractivity contribution in [3.63, 3.8) is 0 Å². The third kappa shape index (κ3) is 3.72. The summed E-state index contributed by atoms with van der Waals surface area (Å²) >= 11 is 6.18. The highest BCUT2D eigenvalue weighted by molar-refractivity contribution is 6.31. The maximum Gasteiger partial charge on any atom is 0.239 e. The lowest BCUT2D eigenvalue weighted by atomic mass is 10.1. The highest BCUT2D eigenvalue weighted by Gasteiger charge is 2.40. The zero-order chi connectivity index (χ0) is 18.0. The van der Waals surface area contributed by atoms with Crippen molar-refractivity contribution in [3.05, 3.63) is 41.4 Å². The molecule has 1 aromatic rings. The Morgan fingerprint density at radius 1 is 1.28 bits per heavy atom. The maximum atomic E-state index is 12.8. The molecular weight excluding hydrogens is 338 g/mol. The van der Waals surface area contributed by atoms with Gasteiger partial charge in [0.25, 0.3) is 0 Å². The van der Waals surface area contributed by atoms with E-state index in [1.54, 1.807) is 11.0 Å². The van der Waals surface area contributed by atoms with Gasteiger partial charge < -0.3 is 9.80 Å². The Bertz CT molecular complexity index is 683. The summed E-state index contributed by atoms with van der Waals surface area (Å²) < 4.78 is 0. The third-order valence-electron chi connectivity index (χ3n) is 5.04. The van der Waals surface area contributed by atoms with Gasteiger partial charge in [0.1, 0.15) is 5.92 Å². The summed E-state index contributed by atoms with van der Waals surface area (Å²) in [6.07, 6.45) is 2.44. The van der Waals surface area contributed by atoms with E-state index in [2.05, 4.69) is 11.5 Å². The predicted octanol–water partition coefficient (Wildman–Crippen LogP) is 2.33. The second kappa shape index (κ2) is 7.58. The molecule has 0 spiro atoms. The molecular formula is C19H24ClN3O2. The minimum Gasteiger partial charge on any atom is -0.339 e. The normalized spacial score (nSPS) is 21.7. The summed E-state index contributed by atoms with van der Waals surface area (Å²) in [4.78, 5) is 31.3. The first-order valence-electron chi connectivity index (χ1n) is 8.71. The number of aryl methyl sites for hydroxylation is 1. The van der Waals surface area contributed by atoms with Crippen LogP contribution in [0.15, 0.2) is 30.9 Å². The van der Waals surface area contributed by atoms with Crippen LogP contribution in [0.5, 0.6) is 0 Å². The van der Waals surface area contributed by atoms with Crippen LogP contribution in [0, 0.1) is 12.8 Å². The number of benzene rings is 1. The molecule has 0 aliphatic carbocycles. The zero-order valence-electron chi connectivity index (χ0n) is 14.6. The highest BCUT2D eigenvalue weighted by atomic mass is 35.5. The molecule has 6 heteroatoms. The molecule has 2 fully saturated rings. The van der Waals surface area contributed by atoms with Crippen molar-refractivity contribution in [2.45, 2.75) is 13.3 Å². The zero-order valence-corrected chi connectivity index (χ0v) is 15.3. The van der Waals surface area contributed by atoms with Crippen molar-refractivity contribution in [2.24, 2.45) is 5.92 Å². The van der Waals surface area contributed by atoms with Crippen LogP contribution in [0.2, 0.25) is 5.02 Å². The number of piperazine rings is 1. The second-order valence-corrected chi connectivity index (χ2v) is 7.09. The van der Waals surface area contributed by atoms with Crippen molar-refractivity contribution in [1.29, 1.82) is 0 Å². The van der Waals surface area contributed by atoms with Gasteiger partial charge in [0.05, 0.1) is 0 Å². The van der Waals surface area contributed by atoms with Crippen LogP contribution >= 0.6 is 11.6 Å². The Morgan fingerprint density at radius 2 is 2.00 bits per heavy atom. The number of halogens is 1. The lowest BCUT2D eigenvalue weighted by Crippen LogP contribution is -2.51. The Balaban J connectivity index is 1.64. The number of carbonyl (C=O) groups is 2. The van der Waals surface area contributed by atoms with E-state index in [9.17, 15) is 9.59 Å². The molecule has 1 atom stereocenters. The fourth-order valence-corrected chi connectivity index (χ4v) is 3.64. The monoisotopic (exact) mass is 361 g/mol. The third-order valence-corrected chi connectivity index (χ3v) is 5.45. The van der Waals surface area contributed by atoms with Gasteiger partial charge >= 0.3 is 0 Å². The van der Waals surface area contributed by atoms with Crippen molar-refractivity contribution in [2.75, 3.05) is 44.2 Å². The molecule has 25 heavy (non-hydrogen) atoms. The van der Waals surface area contributed by atoms with Gasteiger partial charge in [0.2, 0.25) is 11.8 Å². The number of hydrogen-bond donors (Lipinski definition) is 0. The highest BCUT2D eigenvalue weighted by Crippen LogP contribution is 2.29. The summed E-state index contributed by atoms with van der Waals surface area (Å²) in [6.45, 7) is 10.1. The van der Waals surface area contributed by atoms with Gasteiger partial charge in [-0.15, -0.1) is 6.58 Å². The van der Waals surface area contributed by atoms with Gasteiger partial charge in [-0.3, -0.25) is 14.5 Å². The number of amides is 2. The molecule has 2 saturated heterocycles. The van der Waals surface area contributed by atoms with E-state index in [0.717, 1.165) is 30.9 Å². The van der Waals surface area contributed by atoms with Crippen molar-refractivity contribution < 1.29 is 9.59 Å². The van der Waals surface area contributed by atoms with Crippen LogP contribution in [-0.4, -0.2) is 60.9 Å². The van der Waals surface area contributed by atoms with Gasteiger partial charge in [-0.1, -0.05) is 23.7 Å². The van der Waals surface area contributed by atoms with Gasteiger partial charge in [-0.05, 0) is 31.0 Å². The fourth-order valence-electron chi connectivity index (χ4n) is 3.47. The van der Waals surface area contributed by atoms with Gasteiger partial charge in [0, 0.05) is 50.0 Å². The van der Waals surface area contributed by atoms with Crippen LogP contribution in [0.4, 0.5) is 5.69 Å². The van der Waals surface area contributed by atoms with E-state index in [-0.39, 0.29) is 11.8 Å². The lowest BCUT2D eigenvalue weighted by molar-refractivity contribution is -0.141. The Kier molecular flexibility index (Phi) is 5.45. The van der Waals surface area contributed by atoms with Gasteiger partial charge in [-0.25, -0.2) is 0 Å². The van der Waals surface area contributed by atoms with Crippen molar-refractivity contribution in [3.8, 4) is 0 Å². The average molecular weight is 362 g/mol. The van der Waals surface area contributed by atoms with E-state index < -0.39 is 5.92 Å². The maximum absolute atomic E-state index is 12.8. The van der Waals surface area contributed by atoms with E-state index in [4.69, 9.17) is 11.6 Å². The molecule has 0 bridgehead atoms. The molecule has 2 aliphatic heterocycles. The number of hydrogen-bond acceptors (Lipinski definition) is 3. The van der Waals surface area contributed by atoms with Crippen molar-refractivity contribution >= 4 is 29.1 Å². The van der Waals surface area contributed by atoms with E-state index in [1.807, 2.05) is 30.0 Å². The van der Waals surface area contributed by atoms with Crippen LogP contribution in [-0.2, 0) is 9.59 Å². The first-order chi connectivity index (χ1) is 12.0. The quantitative estimate of drug-likeness (QED) is 0.610. The SMILES string of the molecule is C=CCN1CCN(C(=O)C2CCN(c3ccc(C)c(Cl)c3)C2=O)CC1. The Labute approximate surface area is 153 Å². The lowest BCUT2D eigenvalue weighted by Gasteiger charge is -2.35. The summed E-state index contributed by atoms with van der Waals surface area (Å²) in [5.74, 6) is -0.714. The summed E-state index contributed by atoms with van der Waals surface area (Å²) in [7, 11) is 0. The Morgan fingerprint density at radius 3 is 2.64 bits per heavy atom. The minimum atomic E-state index is -0.564. The number of nitrogens with zero attached hydrogens (tertiary/aromatic N) is 3. The van der Waals surface area contributed by atoms with Gasteiger partial charge in [0.15, 0.2) is 0 Å². The molecule has 134 valence electrons. The summed E-state index contributed by atoms with van der Waals surface area (Å²) in [5.41, 5.74) is 1.74. The molecule has 0 saturated carbocycles. The first kappa shape index (κ1) is 18.0. The molecule has 0 radical (unpaired) electrons. The van der Waals surface area contributed by atoms with Crippen LogP contribution in [0.25, 0.3) is 0 Å². The standard InChI is InChI=1S/C19H24ClN3O2/c1-3-7-21-9-11-22(12-10-21)18(24)16-6-8-23(19(16)25)15-5-4-14(2)17(20)13-15/h3-5,13,16H,1,6-12H2,2H3. The Hall–Kier alpha value is -1.85. The smallest absolute Gasteiger partial charge is 0.239 e. The van der Waals surface area contributed by atoms with Gasteiger partial charge in [-0.2, -0.15) is 0 Å². The van der Waals surface area contributed by atoms with E-state index in [1.165, 1.54) is 0 Å². The fraction of sp³-hybridized carbons (Fsp3) is 0.474. The predicted molar refractivity (Wildman–Crippen MR) is 99.9 cm³/mol. The molecule has 2 aliphatic rings.